The Morgan fingerprint density at radius 3 is 2.44 bits per heavy atom. The largest absolute Gasteiger partial charge is 0.493 e. The molecule has 0 bridgehead atoms. The molecule has 0 aliphatic rings. The number of hydrogen-bond donors (Lipinski definition) is 2. The highest BCUT2D eigenvalue weighted by Crippen LogP contribution is 2.27. The maximum absolute atomic E-state index is 12.2. The molecule has 0 aliphatic carbocycles. The summed E-state index contributed by atoms with van der Waals surface area (Å²) in [6, 6.07) is 9.12. The van der Waals surface area contributed by atoms with E-state index in [2.05, 4.69) is 25.7 Å². The monoisotopic (exact) mass is 373 g/mol. The standard InChI is InChI=1S/C19H27N5O3/c1-24(2)12-11-20-18-8-6-15(22-23-18)19(25)21-10-9-14-5-7-16(26-3)17(13-14)27-4/h5-8,13H,9-12H2,1-4H3,(H,20,23)(H,21,25). The molecular formula is C19H27N5O3. The Balaban J connectivity index is 1.81. The zero-order valence-corrected chi connectivity index (χ0v) is 16.3. The molecule has 1 aromatic heterocycles. The molecule has 0 saturated heterocycles. The van der Waals surface area contributed by atoms with Crippen LogP contribution in [0.5, 0.6) is 11.5 Å². The summed E-state index contributed by atoms with van der Waals surface area (Å²) in [7, 11) is 7.20. The van der Waals surface area contributed by atoms with E-state index in [4.69, 9.17) is 9.47 Å². The van der Waals surface area contributed by atoms with Gasteiger partial charge in [-0.05, 0) is 50.3 Å². The molecule has 1 amide bonds. The normalized spacial score (nSPS) is 10.6. The van der Waals surface area contributed by atoms with Crippen LogP contribution in [0.4, 0.5) is 5.82 Å². The van der Waals surface area contributed by atoms with Crippen LogP contribution in [0, 0.1) is 0 Å². The van der Waals surface area contributed by atoms with Crippen LogP contribution in [0.2, 0.25) is 0 Å². The molecular weight excluding hydrogens is 346 g/mol. The van der Waals surface area contributed by atoms with Gasteiger partial charge in [-0.1, -0.05) is 6.07 Å². The molecule has 27 heavy (non-hydrogen) atoms. The molecule has 0 radical (unpaired) electrons. The van der Waals surface area contributed by atoms with E-state index < -0.39 is 0 Å². The second-order valence-corrected chi connectivity index (χ2v) is 6.23. The highest BCUT2D eigenvalue weighted by molar-refractivity contribution is 5.92. The highest BCUT2D eigenvalue weighted by atomic mass is 16.5. The van der Waals surface area contributed by atoms with E-state index in [-0.39, 0.29) is 5.91 Å². The third kappa shape index (κ3) is 6.41. The molecule has 8 heteroatoms. The van der Waals surface area contributed by atoms with Crippen molar-refractivity contribution in [1.29, 1.82) is 0 Å². The lowest BCUT2D eigenvalue weighted by molar-refractivity contribution is 0.0948. The fraction of sp³-hybridized carbons (Fsp3) is 0.421. The Bertz CT molecular complexity index is 735. The Hall–Kier alpha value is -2.87. The molecule has 146 valence electrons. The molecule has 2 aromatic rings. The fourth-order valence-corrected chi connectivity index (χ4v) is 2.40. The first-order chi connectivity index (χ1) is 13.0. The SMILES string of the molecule is COc1ccc(CCNC(=O)c2ccc(NCCN(C)C)nn2)cc1OC. The van der Waals surface area contributed by atoms with Crippen molar-refractivity contribution in [1.82, 2.24) is 20.4 Å². The summed E-state index contributed by atoms with van der Waals surface area (Å²) < 4.78 is 10.5. The average molecular weight is 373 g/mol. The number of anilines is 1. The van der Waals surface area contributed by atoms with E-state index in [9.17, 15) is 4.79 Å². The number of benzene rings is 1. The minimum absolute atomic E-state index is 0.247. The van der Waals surface area contributed by atoms with Crippen molar-refractivity contribution in [2.24, 2.45) is 0 Å². The number of nitrogens with zero attached hydrogens (tertiary/aromatic N) is 3. The van der Waals surface area contributed by atoms with Crippen LogP contribution >= 0.6 is 0 Å². The van der Waals surface area contributed by atoms with Gasteiger partial charge in [0.15, 0.2) is 17.2 Å². The predicted molar refractivity (Wildman–Crippen MR) is 105 cm³/mol. The van der Waals surface area contributed by atoms with E-state index in [1.54, 1.807) is 26.4 Å². The van der Waals surface area contributed by atoms with E-state index in [0.717, 1.165) is 18.7 Å². The maximum Gasteiger partial charge on any atom is 0.271 e. The predicted octanol–water partition coefficient (Wildman–Crippen LogP) is 1.44. The Labute approximate surface area is 159 Å². The number of aromatic nitrogens is 2. The lowest BCUT2D eigenvalue weighted by atomic mass is 10.1. The van der Waals surface area contributed by atoms with Gasteiger partial charge < -0.3 is 25.0 Å². The number of ether oxygens (including phenoxy) is 2. The van der Waals surface area contributed by atoms with Gasteiger partial charge in [-0.2, -0.15) is 0 Å². The molecule has 0 unspecified atom stereocenters. The lowest BCUT2D eigenvalue weighted by Gasteiger charge is -2.11. The number of rotatable bonds is 10. The van der Waals surface area contributed by atoms with Crippen molar-refractivity contribution in [2.75, 3.05) is 53.3 Å². The van der Waals surface area contributed by atoms with E-state index in [1.807, 2.05) is 32.3 Å². The molecule has 0 saturated carbocycles. The summed E-state index contributed by atoms with van der Waals surface area (Å²) in [5.41, 5.74) is 1.33. The second kappa shape index (κ2) is 10.3. The minimum Gasteiger partial charge on any atom is -0.493 e. The maximum atomic E-state index is 12.2. The molecule has 1 heterocycles. The van der Waals surface area contributed by atoms with Crippen LogP contribution in [-0.2, 0) is 6.42 Å². The first kappa shape index (κ1) is 20.4. The van der Waals surface area contributed by atoms with Crippen molar-refractivity contribution in [3.63, 3.8) is 0 Å². The third-order valence-corrected chi connectivity index (χ3v) is 3.91. The molecule has 2 rings (SSSR count). The molecule has 0 spiro atoms. The third-order valence-electron chi connectivity index (χ3n) is 3.91. The number of methoxy groups -OCH3 is 2. The molecule has 1 aromatic carbocycles. The van der Waals surface area contributed by atoms with Gasteiger partial charge in [-0.3, -0.25) is 4.79 Å². The number of nitrogens with one attached hydrogen (secondary N) is 2. The lowest BCUT2D eigenvalue weighted by Crippen LogP contribution is -2.27. The average Bonchev–Trinajstić information content (AvgIpc) is 2.68. The Morgan fingerprint density at radius 2 is 1.81 bits per heavy atom. The fourth-order valence-electron chi connectivity index (χ4n) is 2.40. The van der Waals surface area contributed by atoms with Gasteiger partial charge in [0.05, 0.1) is 14.2 Å². The van der Waals surface area contributed by atoms with Crippen molar-refractivity contribution in [2.45, 2.75) is 6.42 Å². The van der Waals surface area contributed by atoms with Gasteiger partial charge in [0.1, 0.15) is 5.82 Å². The van der Waals surface area contributed by atoms with Crippen molar-refractivity contribution >= 4 is 11.7 Å². The van der Waals surface area contributed by atoms with Crippen LogP contribution < -0.4 is 20.1 Å². The summed E-state index contributed by atoms with van der Waals surface area (Å²) in [6.45, 7) is 2.14. The van der Waals surface area contributed by atoms with Gasteiger partial charge in [0.2, 0.25) is 0 Å². The zero-order valence-electron chi connectivity index (χ0n) is 16.3. The first-order valence-electron chi connectivity index (χ1n) is 8.75. The number of hydrogen-bond acceptors (Lipinski definition) is 7. The van der Waals surface area contributed by atoms with Crippen LogP contribution in [0.1, 0.15) is 16.1 Å². The van der Waals surface area contributed by atoms with Gasteiger partial charge in [-0.25, -0.2) is 0 Å². The van der Waals surface area contributed by atoms with Crippen LogP contribution in [0.15, 0.2) is 30.3 Å². The van der Waals surface area contributed by atoms with Crippen LogP contribution in [-0.4, -0.2) is 69.0 Å². The number of likely N-dealkylation sites (N-methyl/N-ethyl adjacent to an activating group) is 1. The van der Waals surface area contributed by atoms with Crippen LogP contribution in [0.3, 0.4) is 0 Å². The Morgan fingerprint density at radius 1 is 1.04 bits per heavy atom. The summed E-state index contributed by atoms with van der Waals surface area (Å²) >= 11 is 0. The highest BCUT2D eigenvalue weighted by Gasteiger charge is 2.09. The summed E-state index contributed by atoms with van der Waals surface area (Å²) in [6.07, 6.45) is 0.670. The Kier molecular flexibility index (Phi) is 7.81. The molecule has 0 atom stereocenters. The summed E-state index contributed by atoms with van der Waals surface area (Å²) in [5.74, 6) is 1.76. The molecule has 0 aliphatic heterocycles. The van der Waals surface area contributed by atoms with E-state index >= 15 is 0 Å². The minimum atomic E-state index is -0.247. The number of carbonyl (C=O) groups excluding carboxylic acids is 1. The smallest absolute Gasteiger partial charge is 0.271 e. The zero-order chi connectivity index (χ0) is 19.6. The molecule has 8 nitrogen and oxygen atoms in total. The van der Waals surface area contributed by atoms with Gasteiger partial charge in [0.25, 0.3) is 5.91 Å². The van der Waals surface area contributed by atoms with Crippen molar-refractivity contribution < 1.29 is 14.3 Å². The van der Waals surface area contributed by atoms with Crippen molar-refractivity contribution in [3.05, 3.63) is 41.6 Å². The molecule has 0 fully saturated rings. The van der Waals surface area contributed by atoms with Gasteiger partial charge in [-0.15, -0.1) is 10.2 Å². The van der Waals surface area contributed by atoms with Crippen LogP contribution in [0.25, 0.3) is 0 Å². The topological polar surface area (TPSA) is 88.6 Å². The summed E-state index contributed by atoms with van der Waals surface area (Å²) in [5, 5.41) is 14.0. The van der Waals surface area contributed by atoms with Gasteiger partial charge in [0, 0.05) is 19.6 Å². The first-order valence-corrected chi connectivity index (χ1v) is 8.75. The van der Waals surface area contributed by atoms with E-state index in [0.29, 0.717) is 36.0 Å². The second-order valence-electron chi connectivity index (χ2n) is 6.23. The number of carbonyl (C=O) groups is 1. The number of amides is 1. The van der Waals surface area contributed by atoms with Gasteiger partial charge >= 0.3 is 0 Å². The van der Waals surface area contributed by atoms with Crippen molar-refractivity contribution in [3.8, 4) is 11.5 Å². The quantitative estimate of drug-likeness (QED) is 0.651. The van der Waals surface area contributed by atoms with E-state index in [1.165, 1.54) is 0 Å². The summed E-state index contributed by atoms with van der Waals surface area (Å²) in [4.78, 5) is 14.3. The molecule has 2 N–H and O–H groups in total.